The second-order valence-corrected chi connectivity index (χ2v) is 4.55. The van der Waals surface area contributed by atoms with Crippen LogP contribution in [0.1, 0.15) is 40.0 Å². The highest BCUT2D eigenvalue weighted by Gasteiger charge is 2.12. The van der Waals surface area contributed by atoms with E-state index in [2.05, 4.69) is 10.6 Å². The van der Waals surface area contributed by atoms with Crippen LogP contribution in [0.25, 0.3) is 0 Å². The van der Waals surface area contributed by atoms with Crippen LogP contribution in [-0.2, 0) is 14.4 Å². The van der Waals surface area contributed by atoms with Crippen molar-refractivity contribution >= 4 is 17.8 Å². The van der Waals surface area contributed by atoms with Gasteiger partial charge in [-0.15, -0.1) is 0 Å². The van der Waals surface area contributed by atoms with E-state index in [-0.39, 0.29) is 30.3 Å². The molecule has 0 aromatic rings. The number of hydrogen-bond acceptors (Lipinski definition) is 3. The second kappa shape index (κ2) is 8.49. The van der Waals surface area contributed by atoms with E-state index in [9.17, 15) is 14.4 Å². The Bertz CT molecular complexity index is 304. The van der Waals surface area contributed by atoms with E-state index in [1.165, 1.54) is 6.92 Å². The van der Waals surface area contributed by atoms with Crippen molar-refractivity contribution in [1.29, 1.82) is 0 Å². The van der Waals surface area contributed by atoms with Gasteiger partial charge in [-0.3, -0.25) is 14.4 Å². The molecule has 0 aliphatic heterocycles. The first-order valence-corrected chi connectivity index (χ1v) is 6.09. The summed E-state index contributed by atoms with van der Waals surface area (Å²) in [5.41, 5.74) is 0. The zero-order valence-electron chi connectivity index (χ0n) is 11.2. The normalized spacial score (nSPS) is 13.5. The van der Waals surface area contributed by atoms with Gasteiger partial charge in [0.1, 0.15) is 0 Å². The van der Waals surface area contributed by atoms with Gasteiger partial charge in [0.05, 0.1) is 12.5 Å². The molecule has 18 heavy (non-hydrogen) atoms. The van der Waals surface area contributed by atoms with Gasteiger partial charge in [0.2, 0.25) is 11.8 Å². The van der Waals surface area contributed by atoms with Gasteiger partial charge in [-0.1, -0.05) is 13.3 Å². The van der Waals surface area contributed by atoms with E-state index >= 15 is 0 Å². The minimum Gasteiger partial charge on any atom is -0.481 e. The topological polar surface area (TPSA) is 95.5 Å². The molecule has 0 saturated carbocycles. The molecule has 0 fully saturated rings. The van der Waals surface area contributed by atoms with E-state index < -0.39 is 5.97 Å². The van der Waals surface area contributed by atoms with Crippen LogP contribution < -0.4 is 10.6 Å². The molecule has 0 spiro atoms. The van der Waals surface area contributed by atoms with Crippen molar-refractivity contribution in [3.63, 3.8) is 0 Å². The number of carbonyl (C=O) groups is 3. The number of carboxylic acids is 1. The van der Waals surface area contributed by atoms with Gasteiger partial charge in [-0.2, -0.15) is 0 Å². The van der Waals surface area contributed by atoms with Crippen LogP contribution in [0.3, 0.4) is 0 Å². The minimum atomic E-state index is -0.794. The Labute approximate surface area is 107 Å². The van der Waals surface area contributed by atoms with Crippen molar-refractivity contribution in [2.45, 2.75) is 46.1 Å². The summed E-state index contributed by atoms with van der Waals surface area (Å²) in [5.74, 6) is -1.62. The fourth-order valence-corrected chi connectivity index (χ4v) is 1.46. The number of amides is 2. The van der Waals surface area contributed by atoms with Gasteiger partial charge < -0.3 is 15.7 Å². The lowest BCUT2D eigenvalue weighted by Crippen LogP contribution is -2.40. The van der Waals surface area contributed by atoms with Crippen molar-refractivity contribution in [3.8, 4) is 0 Å². The smallest absolute Gasteiger partial charge is 0.306 e. The van der Waals surface area contributed by atoms with E-state index in [0.29, 0.717) is 6.42 Å². The molecule has 0 saturated heterocycles. The summed E-state index contributed by atoms with van der Waals surface area (Å²) in [4.78, 5) is 32.5. The molecule has 0 radical (unpaired) electrons. The lowest BCUT2D eigenvalue weighted by atomic mass is 10.0. The SMILES string of the molecule is CC(=O)NCC(=O)NC(C)CCCC(C)C(=O)O. The van der Waals surface area contributed by atoms with Crippen molar-refractivity contribution in [3.05, 3.63) is 0 Å². The summed E-state index contributed by atoms with van der Waals surface area (Å²) in [7, 11) is 0. The molecule has 104 valence electrons. The number of carboxylic acid groups (broad SMARTS) is 1. The van der Waals surface area contributed by atoms with Crippen molar-refractivity contribution in [2.24, 2.45) is 5.92 Å². The largest absolute Gasteiger partial charge is 0.481 e. The maximum Gasteiger partial charge on any atom is 0.306 e. The summed E-state index contributed by atoms with van der Waals surface area (Å²) in [6.45, 7) is 4.86. The third kappa shape index (κ3) is 8.55. The van der Waals surface area contributed by atoms with E-state index in [1.807, 2.05) is 6.92 Å². The molecule has 3 N–H and O–H groups in total. The van der Waals surface area contributed by atoms with Crippen LogP contribution in [0.5, 0.6) is 0 Å². The van der Waals surface area contributed by atoms with Gasteiger partial charge in [0.15, 0.2) is 0 Å². The highest BCUT2D eigenvalue weighted by Crippen LogP contribution is 2.09. The molecule has 0 aromatic carbocycles. The summed E-state index contributed by atoms with van der Waals surface area (Å²) >= 11 is 0. The predicted octanol–water partition coefficient (Wildman–Crippen LogP) is 0.518. The Hall–Kier alpha value is -1.59. The van der Waals surface area contributed by atoms with Crippen molar-refractivity contribution < 1.29 is 19.5 Å². The first-order chi connectivity index (χ1) is 8.32. The molecule has 0 heterocycles. The molecule has 0 aliphatic carbocycles. The molecule has 2 atom stereocenters. The molecule has 2 amide bonds. The van der Waals surface area contributed by atoms with Gasteiger partial charge in [0.25, 0.3) is 0 Å². The van der Waals surface area contributed by atoms with Gasteiger partial charge >= 0.3 is 5.97 Å². The number of aliphatic carboxylic acids is 1. The average Bonchev–Trinajstić information content (AvgIpc) is 2.25. The Balaban J connectivity index is 3.70. The highest BCUT2D eigenvalue weighted by molar-refractivity contribution is 5.83. The average molecular weight is 258 g/mol. The van der Waals surface area contributed by atoms with Crippen LogP contribution in [0.15, 0.2) is 0 Å². The Morgan fingerprint density at radius 2 is 1.78 bits per heavy atom. The highest BCUT2D eigenvalue weighted by atomic mass is 16.4. The first-order valence-electron chi connectivity index (χ1n) is 6.09. The number of carbonyl (C=O) groups excluding carboxylic acids is 2. The zero-order valence-corrected chi connectivity index (χ0v) is 11.2. The van der Waals surface area contributed by atoms with E-state index in [4.69, 9.17) is 5.11 Å². The minimum absolute atomic E-state index is 0.0211. The summed E-state index contributed by atoms with van der Waals surface area (Å²) in [6.07, 6.45) is 2.07. The molecule has 0 aromatic heterocycles. The third-order valence-corrected chi connectivity index (χ3v) is 2.60. The summed E-state index contributed by atoms with van der Waals surface area (Å²) in [6, 6.07) is -0.0211. The Kier molecular flexibility index (Phi) is 7.74. The van der Waals surface area contributed by atoms with Crippen molar-refractivity contribution in [2.75, 3.05) is 6.54 Å². The van der Waals surface area contributed by atoms with Crippen molar-refractivity contribution in [1.82, 2.24) is 10.6 Å². The predicted molar refractivity (Wildman–Crippen MR) is 66.9 cm³/mol. The number of hydrogen-bond donors (Lipinski definition) is 3. The summed E-state index contributed by atoms with van der Waals surface area (Å²) in [5, 5.41) is 13.9. The van der Waals surface area contributed by atoms with E-state index in [0.717, 1.165) is 12.8 Å². The monoisotopic (exact) mass is 258 g/mol. The lowest BCUT2D eigenvalue weighted by Gasteiger charge is -2.14. The molecular formula is C12H22N2O4. The third-order valence-electron chi connectivity index (χ3n) is 2.60. The van der Waals surface area contributed by atoms with Crippen LogP contribution >= 0.6 is 0 Å². The van der Waals surface area contributed by atoms with Crippen LogP contribution in [-0.4, -0.2) is 35.5 Å². The second-order valence-electron chi connectivity index (χ2n) is 4.55. The maximum absolute atomic E-state index is 11.3. The fourth-order valence-electron chi connectivity index (χ4n) is 1.46. The Morgan fingerprint density at radius 1 is 1.17 bits per heavy atom. The molecule has 6 nitrogen and oxygen atoms in total. The van der Waals surface area contributed by atoms with E-state index in [1.54, 1.807) is 6.92 Å². The molecule has 0 bridgehead atoms. The van der Waals surface area contributed by atoms with Crippen LogP contribution in [0, 0.1) is 5.92 Å². The number of rotatable bonds is 8. The fraction of sp³-hybridized carbons (Fsp3) is 0.750. The lowest BCUT2D eigenvalue weighted by molar-refractivity contribution is -0.141. The van der Waals surface area contributed by atoms with Gasteiger partial charge in [0, 0.05) is 13.0 Å². The maximum atomic E-state index is 11.3. The van der Waals surface area contributed by atoms with Gasteiger partial charge in [-0.25, -0.2) is 0 Å². The molecular weight excluding hydrogens is 236 g/mol. The molecule has 6 heteroatoms. The summed E-state index contributed by atoms with van der Waals surface area (Å²) < 4.78 is 0. The van der Waals surface area contributed by atoms with Crippen LogP contribution in [0.2, 0.25) is 0 Å². The molecule has 0 rings (SSSR count). The zero-order chi connectivity index (χ0) is 14.1. The Morgan fingerprint density at radius 3 is 2.28 bits per heavy atom. The van der Waals surface area contributed by atoms with Gasteiger partial charge in [-0.05, 0) is 19.8 Å². The standard InChI is InChI=1S/C12H22N2O4/c1-8(12(17)18)5-4-6-9(2)14-11(16)7-13-10(3)15/h8-9H,4-7H2,1-3H3,(H,13,15)(H,14,16)(H,17,18). The quantitative estimate of drug-likeness (QED) is 0.591. The van der Waals surface area contributed by atoms with Crippen LogP contribution in [0.4, 0.5) is 0 Å². The molecule has 0 aliphatic rings. The number of nitrogens with one attached hydrogen (secondary N) is 2. The molecule has 2 unspecified atom stereocenters. The first kappa shape index (κ1) is 16.4.